The van der Waals surface area contributed by atoms with E-state index in [1.54, 1.807) is 0 Å². The topological polar surface area (TPSA) is 63.7 Å². The van der Waals surface area contributed by atoms with Crippen LogP contribution in [0, 0.1) is 5.92 Å². The number of alkyl halides is 3. The minimum absolute atomic E-state index is 0.169. The van der Waals surface area contributed by atoms with Crippen molar-refractivity contribution in [1.82, 2.24) is 15.2 Å². The predicted octanol–water partition coefficient (Wildman–Crippen LogP) is 2.89. The van der Waals surface area contributed by atoms with Crippen LogP contribution in [0.25, 0.3) is 0 Å². The maximum atomic E-state index is 12.4. The minimum Gasteiger partial charge on any atom is -0.468 e. The van der Waals surface area contributed by atoms with E-state index in [-0.39, 0.29) is 23.4 Å². The van der Waals surface area contributed by atoms with Crippen LogP contribution >= 0.6 is 0 Å². The van der Waals surface area contributed by atoms with Crippen molar-refractivity contribution in [3.63, 3.8) is 0 Å². The first-order chi connectivity index (χ1) is 13.3. The third-order valence-corrected chi connectivity index (χ3v) is 4.96. The van der Waals surface area contributed by atoms with Gasteiger partial charge in [0.1, 0.15) is 0 Å². The lowest BCUT2D eigenvalue weighted by molar-refractivity contribution is -0.154. The first-order valence-corrected chi connectivity index (χ1v) is 9.59. The smallest absolute Gasteiger partial charge is 0.422 e. The molecule has 2 rings (SSSR count). The zero-order chi connectivity index (χ0) is 20.6. The third-order valence-electron chi connectivity index (χ3n) is 4.96. The molecule has 0 radical (unpaired) electrons. The largest absolute Gasteiger partial charge is 0.468 e. The highest BCUT2D eigenvalue weighted by molar-refractivity contribution is 5.93. The summed E-state index contributed by atoms with van der Waals surface area (Å²) in [5.74, 6) is -0.0224. The zero-order valence-corrected chi connectivity index (χ0v) is 16.3. The molecule has 0 saturated carbocycles. The van der Waals surface area contributed by atoms with Gasteiger partial charge in [-0.3, -0.25) is 9.69 Å². The van der Waals surface area contributed by atoms with Gasteiger partial charge in [-0.25, -0.2) is 4.98 Å². The van der Waals surface area contributed by atoms with Crippen molar-refractivity contribution >= 4 is 5.91 Å². The van der Waals surface area contributed by atoms with Gasteiger partial charge in [-0.05, 0) is 12.0 Å². The molecule has 1 fully saturated rings. The van der Waals surface area contributed by atoms with Gasteiger partial charge >= 0.3 is 6.18 Å². The van der Waals surface area contributed by atoms with E-state index in [2.05, 4.69) is 33.8 Å². The van der Waals surface area contributed by atoms with Crippen LogP contribution in [0.3, 0.4) is 0 Å². The van der Waals surface area contributed by atoms with Gasteiger partial charge in [0.25, 0.3) is 5.91 Å². The first kappa shape index (κ1) is 22.4. The van der Waals surface area contributed by atoms with Crippen LogP contribution in [0.5, 0.6) is 5.88 Å². The third kappa shape index (κ3) is 6.94. The highest BCUT2D eigenvalue weighted by Gasteiger charge is 2.29. The second kappa shape index (κ2) is 10.6. The number of halogens is 3. The van der Waals surface area contributed by atoms with Gasteiger partial charge in [0.2, 0.25) is 5.88 Å². The molecule has 2 heterocycles. The molecule has 1 saturated heterocycles. The van der Waals surface area contributed by atoms with E-state index in [0.717, 1.165) is 25.9 Å². The molecule has 1 unspecified atom stereocenters. The summed E-state index contributed by atoms with van der Waals surface area (Å²) in [4.78, 5) is 18.6. The summed E-state index contributed by atoms with van der Waals surface area (Å²) >= 11 is 0. The lowest BCUT2D eigenvalue weighted by Gasteiger charge is -2.38. The van der Waals surface area contributed by atoms with E-state index in [0.29, 0.717) is 25.7 Å². The summed E-state index contributed by atoms with van der Waals surface area (Å²) in [5, 5.41) is 2.94. The number of rotatable bonds is 9. The number of ether oxygens (including phenoxy) is 2. The van der Waals surface area contributed by atoms with Crippen LogP contribution < -0.4 is 10.1 Å². The van der Waals surface area contributed by atoms with Crippen molar-refractivity contribution in [3.8, 4) is 5.88 Å². The summed E-state index contributed by atoms with van der Waals surface area (Å²) in [7, 11) is 0. The average molecular weight is 403 g/mol. The fraction of sp³-hybridized carbons (Fsp3) is 0.684. The number of carbonyl (C=O) groups excluding carboxylic acids is 1. The second-order valence-electron chi connectivity index (χ2n) is 6.79. The van der Waals surface area contributed by atoms with Crippen molar-refractivity contribution in [2.45, 2.75) is 38.9 Å². The Labute approximate surface area is 163 Å². The summed E-state index contributed by atoms with van der Waals surface area (Å²) in [6, 6.07) is 2.89. The van der Waals surface area contributed by atoms with Gasteiger partial charge in [0, 0.05) is 37.9 Å². The van der Waals surface area contributed by atoms with Crippen LogP contribution in [0.1, 0.15) is 37.0 Å². The molecule has 0 bridgehead atoms. The number of amides is 1. The predicted molar refractivity (Wildman–Crippen MR) is 98.4 cm³/mol. The molecule has 0 aliphatic carbocycles. The standard InChI is InChI=1S/C19H28F3N3O3/c1-3-14(4-2)16(25-7-9-27-10-8-25)12-24-18(26)15-5-6-17(23-11-15)28-13-19(20,21)22/h5-6,11,14,16H,3-4,7-10,12-13H2,1-2H3,(H,24,26). The molecule has 1 aliphatic heterocycles. The Morgan fingerprint density at radius 1 is 1.29 bits per heavy atom. The lowest BCUT2D eigenvalue weighted by atomic mass is 9.92. The Hall–Kier alpha value is -1.87. The van der Waals surface area contributed by atoms with Crippen LogP contribution in [0.15, 0.2) is 18.3 Å². The van der Waals surface area contributed by atoms with Crippen LogP contribution in [0.2, 0.25) is 0 Å². The Balaban J connectivity index is 1.93. The number of nitrogens with zero attached hydrogens (tertiary/aromatic N) is 2. The molecule has 158 valence electrons. The normalized spacial score (nSPS) is 16.8. The van der Waals surface area contributed by atoms with Gasteiger partial charge in [0.05, 0.1) is 18.8 Å². The molecule has 1 atom stereocenters. The number of pyridine rings is 1. The molecule has 9 heteroatoms. The number of morpholine rings is 1. The summed E-state index contributed by atoms with van der Waals surface area (Å²) in [5.41, 5.74) is 0.282. The molecule has 28 heavy (non-hydrogen) atoms. The lowest BCUT2D eigenvalue weighted by Crippen LogP contribution is -2.52. The molecule has 0 aromatic carbocycles. The van der Waals surface area contributed by atoms with Gasteiger partial charge in [0.15, 0.2) is 6.61 Å². The van der Waals surface area contributed by atoms with Crippen LogP contribution in [-0.4, -0.2) is 67.5 Å². The van der Waals surface area contributed by atoms with Gasteiger partial charge in [-0.15, -0.1) is 0 Å². The number of carbonyl (C=O) groups is 1. The Morgan fingerprint density at radius 2 is 1.96 bits per heavy atom. The highest BCUT2D eigenvalue weighted by Crippen LogP contribution is 2.20. The van der Waals surface area contributed by atoms with E-state index in [9.17, 15) is 18.0 Å². The maximum Gasteiger partial charge on any atom is 0.422 e. The van der Waals surface area contributed by atoms with E-state index >= 15 is 0 Å². The quantitative estimate of drug-likeness (QED) is 0.687. The Bertz CT molecular complexity index is 601. The molecule has 6 nitrogen and oxygen atoms in total. The fourth-order valence-corrected chi connectivity index (χ4v) is 3.39. The van der Waals surface area contributed by atoms with Crippen LogP contribution in [-0.2, 0) is 4.74 Å². The Morgan fingerprint density at radius 3 is 2.50 bits per heavy atom. The first-order valence-electron chi connectivity index (χ1n) is 9.59. The van der Waals surface area contributed by atoms with E-state index < -0.39 is 12.8 Å². The minimum atomic E-state index is -4.43. The highest BCUT2D eigenvalue weighted by atomic mass is 19.4. The monoisotopic (exact) mass is 403 g/mol. The molecule has 1 aliphatic rings. The summed E-state index contributed by atoms with van der Waals surface area (Å²) < 4.78 is 46.5. The van der Waals surface area contributed by atoms with Crippen LogP contribution in [0.4, 0.5) is 13.2 Å². The van der Waals surface area contributed by atoms with Crippen molar-refractivity contribution in [2.75, 3.05) is 39.5 Å². The maximum absolute atomic E-state index is 12.4. The van der Waals surface area contributed by atoms with Crippen molar-refractivity contribution < 1.29 is 27.4 Å². The fourth-order valence-electron chi connectivity index (χ4n) is 3.39. The SMILES string of the molecule is CCC(CC)C(CNC(=O)c1ccc(OCC(F)(F)F)nc1)N1CCOCC1. The zero-order valence-electron chi connectivity index (χ0n) is 16.3. The number of nitrogens with one attached hydrogen (secondary N) is 1. The average Bonchev–Trinajstić information content (AvgIpc) is 2.70. The second-order valence-corrected chi connectivity index (χ2v) is 6.79. The summed E-state index contributed by atoms with van der Waals surface area (Å²) in [6.45, 7) is 6.43. The van der Waals surface area contributed by atoms with Gasteiger partial charge < -0.3 is 14.8 Å². The Kier molecular flexibility index (Phi) is 8.50. The number of hydrogen-bond acceptors (Lipinski definition) is 5. The molecule has 1 N–H and O–H groups in total. The molecule has 1 aromatic heterocycles. The number of hydrogen-bond donors (Lipinski definition) is 1. The van der Waals surface area contributed by atoms with Gasteiger partial charge in [-0.2, -0.15) is 13.2 Å². The van der Waals surface area contributed by atoms with Crippen molar-refractivity contribution in [3.05, 3.63) is 23.9 Å². The van der Waals surface area contributed by atoms with E-state index in [1.165, 1.54) is 18.3 Å². The number of aromatic nitrogens is 1. The van der Waals surface area contributed by atoms with Gasteiger partial charge in [-0.1, -0.05) is 26.7 Å². The van der Waals surface area contributed by atoms with E-state index in [4.69, 9.17) is 4.74 Å². The molecule has 1 aromatic rings. The summed E-state index contributed by atoms with van der Waals surface area (Å²) in [6.07, 6.45) is -1.17. The molecule has 0 spiro atoms. The van der Waals surface area contributed by atoms with Crippen molar-refractivity contribution in [1.29, 1.82) is 0 Å². The molecular formula is C19H28F3N3O3. The molecular weight excluding hydrogens is 375 g/mol. The molecule has 1 amide bonds. The van der Waals surface area contributed by atoms with Crippen molar-refractivity contribution in [2.24, 2.45) is 5.92 Å². The van der Waals surface area contributed by atoms with E-state index in [1.807, 2.05) is 0 Å².